The second-order valence-electron chi connectivity index (χ2n) is 4.93. The third kappa shape index (κ3) is 4.81. The number of aliphatic hydroxyl groups excluding tert-OH is 1. The number of nitrogens with two attached hydrogens (primary N) is 1. The van der Waals surface area contributed by atoms with Crippen LogP contribution in [-0.4, -0.2) is 30.5 Å². The first-order valence-electron chi connectivity index (χ1n) is 6.78. The normalized spacial score (nSPS) is 19.9. The van der Waals surface area contributed by atoms with Crippen LogP contribution < -0.4 is 5.73 Å². The summed E-state index contributed by atoms with van der Waals surface area (Å²) >= 11 is 0. The molecule has 3 N–H and O–H groups in total. The van der Waals surface area contributed by atoms with E-state index in [0.717, 1.165) is 45.1 Å². The highest BCUT2D eigenvalue weighted by molar-refractivity contribution is 4.85. The lowest BCUT2D eigenvalue weighted by Gasteiger charge is -2.36. The molecule has 3 heteroatoms. The summed E-state index contributed by atoms with van der Waals surface area (Å²) < 4.78 is 6.01. The van der Waals surface area contributed by atoms with Gasteiger partial charge in [-0.25, -0.2) is 0 Å². The topological polar surface area (TPSA) is 55.5 Å². The van der Waals surface area contributed by atoms with Crippen LogP contribution in [-0.2, 0) is 4.74 Å². The highest BCUT2D eigenvalue weighted by Crippen LogP contribution is 2.30. The van der Waals surface area contributed by atoms with Crippen molar-refractivity contribution in [3.05, 3.63) is 0 Å². The Morgan fingerprint density at radius 2 is 1.69 bits per heavy atom. The Labute approximate surface area is 99.4 Å². The fourth-order valence-corrected chi connectivity index (χ4v) is 2.46. The lowest BCUT2D eigenvalue weighted by Crippen LogP contribution is -2.42. The summed E-state index contributed by atoms with van der Waals surface area (Å²) in [6.07, 6.45) is 10.4. The molecule has 0 saturated heterocycles. The fraction of sp³-hybridized carbons (Fsp3) is 1.00. The van der Waals surface area contributed by atoms with Gasteiger partial charge in [-0.05, 0) is 25.7 Å². The molecule has 1 rings (SSSR count). The Balaban J connectivity index is 2.08. The molecule has 0 amide bonds. The maximum Gasteiger partial charge on any atom is 0.0804 e. The van der Waals surface area contributed by atoms with E-state index in [4.69, 9.17) is 15.6 Å². The number of ether oxygens (including phenoxy) is 1. The van der Waals surface area contributed by atoms with Crippen molar-refractivity contribution in [3.8, 4) is 0 Å². The molecule has 0 radical (unpaired) electrons. The van der Waals surface area contributed by atoms with E-state index >= 15 is 0 Å². The van der Waals surface area contributed by atoms with Crippen molar-refractivity contribution in [2.75, 3.05) is 19.8 Å². The average molecular weight is 229 g/mol. The van der Waals surface area contributed by atoms with Crippen molar-refractivity contribution in [2.45, 2.75) is 63.4 Å². The maximum atomic E-state index is 8.66. The molecule has 0 spiro atoms. The highest BCUT2D eigenvalue weighted by Gasteiger charge is 2.30. The maximum absolute atomic E-state index is 8.66. The molecule has 0 aromatic rings. The summed E-state index contributed by atoms with van der Waals surface area (Å²) in [5.74, 6) is 0. The molecule has 1 saturated carbocycles. The zero-order valence-corrected chi connectivity index (χ0v) is 10.4. The predicted molar refractivity (Wildman–Crippen MR) is 66.4 cm³/mol. The Morgan fingerprint density at radius 3 is 2.31 bits per heavy atom. The Hall–Kier alpha value is -0.120. The third-order valence-corrected chi connectivity index (χ3v) is 3.60. The first-order chi connectivity index (χ1) is 7.83. The molecule has 1 aliphatic rings. The summed E-state index contributed by atoms with van der Waals surface area (Å²) in [7, 11) is 0. The summed E-state index contributed by atoms with van der Waals surface area (Å²) in [4.78, 5) is 0. The number of hydrogen-bond donors (Lipinski definition) is 2. The summed E-state index contributed by atoms with van der Waals surface area (Å²) in [5, 5.41) is 8.66. The van der Waals surface area contributed by atoms with E-state index in [2.05, 4.69) is 0 Å². The Kier molecular flexibility index (Phi) is 7.01. The molecular weight excluding hydrogens is 202 g/mol. The molecule has 0 aliphatic heterocycles. The third-order valence-electron chi connectivity index (χ3n) is 3.60. The van der Waals surface area contributed by atoms with Crippen LogP contribution >= 0.6 is 0 Å². The molecule has 96 valence electrons. The van der Waals surface area contributed by atoms with Crippen molar-refractivity contribution in [3.63, 3.8) is 0 Å². The minimum atomic E-state index is -0.00473. The van der Waals surface area contributed by atoms with E-state index in [1.165, 1.54) is 19.3 Å². The smallest absolute Gasteiger partial charge is 0.0804 e. The minimum Gasteiger partial charge on any atom is -0.396 e. The Morgan fingerprint density at radius 1 is 1.00 bits per heavy atom. The van der Waals surface area contributed by atoms with E-state index in [1.807, 2.05) is 0 Å². The van der Waals surface area contributed by atoms with Gasteiger partial charge in [0.25, 0.3) is 0 Å². The van der Waals surface area contributed by atoms with Gasteiger partial charge < -0.3 is 15.6 Å². The summed E-state index contributed by atoms with van der Waals surface area (Å²) in [5.41, 5.74) is 5.84. The van der Waals surface area contributed by atoms with Crippen molar-refractivity contribution in [1.82, 2.24) is 0 Å². The van der Waals surface area contributed by atoms with Crippen LogP contribution in [0.4, 0.5) is 0 Å². The lowest BCUT2D eigenvalue weighted by molar-refractivity contribution is -0.0644. The van der Waals surface area contributed by atoms with Crippen LogP contribution in [0.2, 0.25) is 0 Å². The number of aliphatic hydroxyl groups is 1. The molecule has 1 aliphatic carbocycles. The largest absolute Gasteiger partial charge is 0.396 e. The zero-order chi connectivity index (χ0) is 11.7. The van der Waals surface area contributed by atoms with Crippen molar-refractivity contribution < 1.29 is 9.84 Å². The van der Waals surface area contributed by atoms with Crippen LogP contribution in [0, 0.1) is 0 Å². The first-order valence-corrected chi connectivity index (χ1v) is 6.78. The van der Waals surface area contributed by atoms with E-state index < -0.39 is 0 Å². The second-order valence-corrected chi connectivity index (χ2v) is 4.93. The standard InChI is InChI=1S/C13H27NO2/c14-12-13(8-4-3-5-9-13)16-11-7-2-1-6-10-15/h15H,1-12,14H2. The van der Waals surface area contributed by atoms with Crippen LogP contribution in [0.15, 0.2) is 0 Å². The second kappa shape index (κ2) is 8.04. The molecule has 0 bridgehead atoms. The van der Waals surface area contributed by atoms with Gasteiger partial charge in [0.2, 0.25) is 0 Å². The van der Waals surface area contributed by atoms with Gasteiger partial charge >= 0.3 is 0 Å². The quantitative estimate of drug-likeness (QED) is 0.627. The molecule has 16 heavy (non-hydrogen) atoms. The molecule has 0 aromatic carbocycles. The molecule has 0 unspecified atom stereocenters. The number of unbranched alkanes of at least 4 members (excludes halogenated alkanes) is 3. The van der Waals surface area contributed by atoms with Gasteiger partial charge in [0, 0.05) is 19.8 Å². The predicted octanol–water partition coefficient (Wildman–Crippen LogP) is 2.22. The number of hydrogen-bond acceptors (Lipinski definition) is 3. The molecule has 3 nitrogen and oxygen atoms in total. The first kappa shape index (κ1) is 13.9. The van der Waals surface area contributed by atoms with Gasteiger partial charge in [-0.2, -0.15) is 0 Å². The average Bonchev–Trinajstić information content (AvgIpc) is 2.35. The van der Waals surface area contributed by atoms with Crippen LogP contribution in [0.3, 0.4) is 0 Å². The SMILES string of the molecule is NCC1(OCCCCCCO)CCCCC1. The summed E-state index contributed by atoms with van der Waals surface area (Å²) in [6.45, 7) is 1.82. The molecular formula is C13H27NO2. The van der Waals surface area contributed by atoms with Crippen LogP contribution in [0.5, 0.6) is 0 Å². The van der Waals surface area contributed by atoms with Gasteiger partial charge in [0.1, 0.15) is 0 Å². The monoisotopic (exact) mass is 229 g/mol. The van der Waals surface area contributed by atoms with Crippen LogP contribution in [0.1, 0.15) is 57.8 Å². The van der Waals surface area contributed by atoms with Gasteiger partial charge in [0.05, 0.1) is 5.60 Å². The molecule has 0 atom stereocenters. The van der Waals surface area contributed by atoms with E-state index in [0.29, 0.717) is 13.2 Å². The molecule has 1 fully saturated rings. The van der Waals surface area contributed by atoms with Crippen LogP contribution in [0.25, 0.3) is 0 Å². The van der Waals surface area contributed by atoms with Crippen molar-refractivity contribution in [1.29, 1.82) is 0 Å². The highest BCUT2D eigenvalue weighted by atomic mass is 16.5. The minimum absolute atomic E-state index is 0.00473. The number of rotatable bonds is 8. The molecule has 0 aromatic heterocycles. The van der Waals surface area contributed by atoms with Gasteiger partial charge in [-0.3, -0.25) is 0 Å². The van der Waals surface area contributed by atoms with Gasteiger partial charge in [-0.15, -0.1) is 0 Å². The van der Waals surface area contributed by atoms with Crippen molar-refractivity contribution >= 4 is 0 Å². The van der Waals surface area contributed by atoms with E-state index in [1.54, 1.807) is 0 Å². The summed E-state index contributed by atoms with van der Waals surface area (Å²) in [6, 6.07) is 0. The Bertz CT molecular complexity index is 167. The molecule has 0 heterocycles. The van der Waals surface area contributed by atoms with E-state index in [9.17, 15) is 0 Å². The van der Waals surface area contributed by atoms with Crippen molar-refractivity contribution in [2.24, 2.45) is 5.73 Å². The van der Waals surface area contributed by atoms with E-state index in [-0.39, 0.29) is 5.60 Å². The lowest BCUT2D eigenvalue weighted by atomic mass is 9.84. The van der Waals surface area contributed by atoms with Gasteiger partial charge in [-0.1, -0.05) is 32.1 Å². The fourth-order valence-electron chi connectivity index (χ4n) is 2.46. The zero-order valence-electron chi connectivity index (χ0n) is 10.4. The van der Waals surface area contributed by atoms with Gasteiger partial charge in [0.15, 0.2) is 0 Å².